The maximum Gasteiger partial charge on any atom is 0.256 e. The van der Waals surface area contributed by atoms with E-state index in [0.29, 0.717) is 0 Å². The van der Waals surface area contributed by atoms with Crippen LogP contribution >= 0.6 is 0 Å². The Balaban J connectivity index is 0.981. The molecule has 6 heteroatoms. The Morgan fingerprint density at radius 3 is 1.63 bits per heavy atom. The first-order valence-electron chi connectivity index (χ1n) is 23.0. The summed E-state index contributed by atoms with van der Waals surface area (Å²) in [6, 6.07) is 87.3. The fourth-order valence-corrected chi connectivity index (χ4v) is 10.5. The summed E-state index contributed by atoms with van der Waals surface area (Å²) >= 11 is 0. The normalized spacial score (nSPS) is 12.3. The van der Waals surface area contributed by atoms with Gasteiger partial charge in [-0.05, 0) is 139 Å². The Bertz CT molecular complexity index is 3590. The van der Waals surface area contributed by atoms with Crippen LogP contribution in [0.3, 0.4) is 0 Å². The summed E-state index contributed by atoms with van der Waals surface area (Å²) in [7, 11) is 0. The zero-order valence-corrected chi connectivity index (χ0v) is 36.9. The molecular weight excluding hydrogens is 816 g/mol. The Labute approximate surface area is 390 Å². The van der Waals surface area contributed by atoms with Crippen molar-refractivity contribution in [3.05, 3.63) is 248 Å². The van der Waals surface area contributed by atoms with Crippen molar-refractivity contribution in [2.24, 2.45) is 0 Å². The lowest BCUT2D eigenvalue weighted by molar-refractivity contribution is 0.487. The molecule has 0 spiro atoms. The Kier molecular flexibility index (Phi) is 9.10. The van der Waals surface area contributed by atoms with E-state index in [4.69, 9.17) is 4.74 Å². The summed E-state index contributed by atoms with van der Waals surface area (Å²) in [6.07, 6.45) is 0. The smallest absolute Gasteiger partial charge is 0.256 e. The van der Waals surface area contributed by atoms with Gasteiger partial charge in [0.05, 0.1) is 11.0 Å². The van der Waals surface area contributed by atoms with Gasteiger partial charge in [0, 0.05) is 73.7 Å². The molecule has 11 aromatic rings. The van der Waals surface area contributed by atoms with Gasteiger partial charge in [-0.25, -0.2) is 0 Å². The quantitative estimate of drug-likeness (QED) is 0.142. The van der Waals surface area contributed by atoms with E-state index in [0.717, 1.165) is 73.8 Å². The standard InChI is InChI=1S/C61H43BN4O/c1-42-29-31-47(32-30-42)64(48-35-38-56-52(39-48)51-25-14-15-26-55(51)65(56)45-21-10-4-11-22-45)50-34-37-54-60(41-50)67-59-28-16-27-57-61(59)62(54)53-36-33-49(40-58(53)66(57)46-23-12-5-13-24-46)63(43-17-6-2-7-18-43)44-19-8-3-9-20-44/h2-41H,1H3. The first-order valence-corrected chi connectivity index (χ1v) is 23.0. The summed E-state index contributed by atoms with van der Waals surface area (Å²) in [5, 5.41) is 2.41. The van der Waals surface area contributed by atoms with E-state index in [1.807, 2.05) is 0 Å². The molecule has 10 aromatic carbocycles. The highest BCUT2D eigenvalue weighted by molar-refractivity contribution is 6.99. The third-order valence-corrected chi connectivity index (χ3v) is 13.4. The van der Waals surface area contributed by atoms with E-state index < -0.39 is 0 Å². The van der Waals surface area contributed by atoms with E-state index in [2.05, 4.69) is 269 Å². The van der Waals surface area contributed by atoms with Gasteiger partial charge in [0.25, 0.3) is 6.71 Å². The second kappa shape index (κ2) is 15.8. The van der Waals surface area contributed by atoms with Gasteiger partial charge in [0.15, 0.2) is 0 Å². The number of hydrogen-bond donors (Lipinski definition) is 0. The lowest BCUT2D eigenvalue weighted by Crippen LogP contribution is -2.59. The number of rotatable bonds is 8. The molecular formula is C61H43BN4O. The van der Waals surface area contributed by atoms with Gasteiger partial charge in [0.2, 0.25) is 0 Å². The first-order chi connectivity index (χ1) is 33.2. The third kappa shape index (κ3) is 6.40. The van der Waals surface area contributed by atoms with Crippen molar-refractivity contribution < 1.29 is 4.74 Å². The van der Waals surface area contributed by atoms with Crippen molar-refractivity contribution in [3.63, 3.8) is 0 Å². The average molecular weight is 859 g/mol. The molecule has 0 aliphatic carbocycles. The zero-order chi connectivity index (χ0) is 44.4. The minimum atomic E-state index is -0.0665. The molecule has 3 heterocycles. The fraction of sp³-hybridized carbons (Fsp3) is 0.0164. The van der Waals surface area contributed by atoms with Gasteiger partial charge in [-0.15, -0.1) is 0 Å². The number of nitrogens with zero attached hydrogens (tertiary/aromatic N) is 4. The van der Waals surface area contributed by atoms with Crippen LogP contribution in [-0.4, -0.2) is 11.3 Å². The third-order valence-electron chi connectivity index (χ3n) is 13.4. The van der Waals surface area contributed by atoms with Crippen molar-refractivity contribution in [2.75, 3.05) is 14.7 Å². The molecule has 13 rings (SSSR count). The minimum Gasteiger partial charge on any atom is -0.458 e. The molecule has 67 heavy (non-hydrogen) atoms. The Morgan fingerprint density at radius 1 is 0.373 bits per heavy atom. The number of anilines is 9. The van der Waals surface area contributed by atoms with Crippen molar-refractivity contribution in [1.82, 2.24) is 4.57 Å². The van der Waals surface area contributed by atoms with E-state index in [1.165, 1.54) is 38.3 Å². The number of aryl methyl sites for hydroxylation is 1. The topological polar surface area (TPSA) is 23.9 Å². The Hall–Kier alpha value is -8.74. The van der Waals surface area contributed by atoms with Crippen molar-refractivity contribution in [3.8, 4) is 17.2 Å². The number of para-hydroxylation sites is 5. The number of fused-ring (bicyclic) bond motifs is 7. The zero-order valence-electron chi connectivity index (χ0n) is 36.9. The van der Waals surface area contributed by atoms with E-state index >= 15 is 0 Å². The van der Waals surface area contributed by atoms with Gasteiger partial charge >= 0.3 is 0 Å². The summed E-state index contributed by atoms with van der Waals surface area (Å²) in [5.74, 6) is 1.72. The van der Waals surface area contributed by atoms with Crippen LogP contribution in [0.2, 0.25) is 0 Å². The van der Waals surface area contributed by atoms with Crippen LogP contribution in [0, 0.1) is 6.92 Å². The highest BCUT2D eigenvalue weighted by Gasteiger charge is 2.42. The molecule has 0 fully saturated rings. The maximum atomic E-state index is 7.10. The molecule has 0 saturated carbocycles. The number of ether oxygens (including phenoxy) is 1. The minimum absolute atomic E-state index is 0.0665. The lowest BCUT2D eigenvalue weighted by Gasteiger charge is -2.41. The number of hydrogen-bond acceptors (Lipinski definition) is 4. The van der Waals surface area contributed by atoms with Gasteiger partial charge < -0.3 is 24.0 Å². The molecule has 1 aromatic heterocycles. The van der Waals surface area contributed by atoms with Crippen LogP contribution < -0.4 is 35.8 Å². The SMILES string of the molecule is Cc1ccc(N(c2ccc3c(c2)Oc2cccc4c2B3c2ccc(N(c3ccccc3)c3ccccc3)cc2N4c2ccccc2)c2ccc3c(c2)c2ccccc2n3-c2ccccc2)cc1. The highest BCUT2D eigenvalue weighted by atomic mass is 16.5. The summed E-state index contributed by atoms with van der Waals surface area (Å²) in [5.41, 5.74) is 18.0. The predicted octanol–water partition coefficient (Wildman–Crippen LogP) is 14.4. The predicted molar refractivity (Wildman–Crippen MR) is 281 cm³/mol. The molecule has 2 aliphatic rings. The molecule has 0 saturated heterocycles. The van der Waals surface area contributed by atoms with Crippen molar-refractivity contribution in [1.29, 1.82) is 0 Å². The Morgan fingerprint density at radius 2 is 0.910 bits per heavy atom. The monoisotopic (exact) mass is 858 g/mol. The molecule has 316 valence electrons. The average Bonchev–Trinajstić information content (AvgIpc) is 3.72. The first kappa shape index (κ1) is 38.7. The molecule has 0 bridgehead atoms. The lowest BCUT2D eigenvalue weighted by atomic mass is 9.34. The molecule has 2 aliphatic heterocycles. The van der Waals surface area contributed by atoms with E-state index in [1.54, 1.807) is 0 Å². The van der Waals surface area contributed by atoms with Crippen LogP contribution in [0.25, 0.3) is 27.5 Å². The largest absolute Gasteiger partial charge is 0.458 e. The van der Waals surface area contributed by atoms with Crippen LogP contribution in [0.4, 0.5) is 51.2 Å². The molecule has 0 unspecified atom stereocenters. The van der Waals surface area contributed by atoms with Gasteiger partial charge in [0.1, 0.15) is 11.5 Å². The maximum absolute atomic E-state index is 7.10. The molecule has 0 amide bonds. The van der Waals surface area contributed by atoms with E-state index in [-0.39, 0.29) is 6.71 Å². The van der Waals surface area contributed by atoms with Crippen molar-refractivity contribution >= 4 is 96.1 Å². The van der Waals surface area contributed by atoms with Crippen LogP contribution in [0.5, 0.6) is 11.5 Å². The second-order valence-corrected chi connectivity index (χ2v) is 17.4. The number of benzene rings is 10. The summed E-state index contributed by atoms with van der Waals surface area (Å²) < 4.78 is 9.47. The summed E-state index contributed by atoms with van der Waals surface area (Å²) in [4.78, 5) is 7.12. The van der Waals surface area contributed by atoms with Gasteiger partial charge in [-0.1, -0.05) is 127 Å². The van der Waals surface area contributed by atoms with Gasteiger partial charge in [-0.3, -0.25) is 0 Å². The van der Waals surface area contributed by atoms with Crippen LogP contribution in [-0.2, 0) is 0 Å². The number of aromatic nitrogens is 1. The van der Waals surface area contributed by atoms with Crippen LogP contribution in [0.1, 0.15) is 5.56 Å². The highest BCUT2D eigenvalue weighted by Crippen LogP contribution is 2.46. The van der Waals surface area contributed by atoms with E-state index in [9.17, 15) is 0 Å². The second-order valence-electron chi connectivity index (χ2n) is 17.4. The van der Waals surface area contributed by atoms with Gasteiger partial charge in [-0.2, -0.15) is 0 Å². The molecule has 0 atom stereocenters. The molecule has 5 nitrogen and oxygen atoms in total. The van der Waals surface area contributed by atoms with Crippen LogP contribution in [0.15, 0.2) is 243 Å². The van der Waals surface area contributed by atoms with Crippen molar-refractivity contribution in [2.45, 2.75) is 6.92 Å². The fourth-order valence-electron chi connectivity index (χ4n) is 10.5. The molecule has 0 N–H and O–H groups in total. The summed E-state index contributed by atoms with van der Waals surface area (Å²) in [6.45, 7) is 2.07. The molecule has 0 radical (unpaired) electrons.